The van der Waals surface area contributed by atoms with Gasteiger partial charge in [0.2, 0.25) is 0 Å². The third kappa shape index (κ3) is 3.95. The maximum Gasteiger partial charge on any atom is 0.272 e. The number of hydrogen-bond donors (Lipinski definition) is 0. The number of halogens is 3. The lowest BCUT2D eigenvalue weighted by molar-refractivity contribution is 0.0737. The maximum absolute atomic E-state index is 13.7. The summed E-state index contributed by atoms with van der Waals surface area (Å²) in [6.07, 6.45) is 0. The van der Waals surface area contributed by atoms with E-state index in [0.717, 1.165) is 5.69 Å². The summed E-state index contributed by atoms with van der Waals surface area (Å²) in [5.74, 6) is -0.507. The summed E-state index contributed by atoms with van der Waals surface area (Å²) < 4.78 is 15.2. The van der Waals surface area contributed by atoms with Crippen molar-refractivity contribution in [2.75, 3.05) is 31.1 Å². The molecule has 0 atom stereocenters. The number of hydrogen-bond acceptors (Lipinski definition) is 3. The molecule has 5 nitrogen and oxygen atoms in total. The highest BCUT2D eigenvalue weighted by molar-refractivity contribution is 6.43. The second kappa shape index (κ2) is 8.05. The van der Waals surface area contributed by atoms with Crippen molar-refractivity contribution in [3.63, 3.8) is 0 Å². The molecule has 3 aromatic rings. The summed E-state index contributed by atoms with van der Waals surface area (Å²) in [5.41, 5.74) is 2.50. The Bertz CT molecular complexity index is 1060. The molecule has 1 aliphatic heterocycles. The monoisotopic (exact) mass is 432 g/mol. The fourth-order valence-electron chi connectivity index (χ4n) is 3.51. The molecule has 1 amide bonds. The Hall–Kier alpha value is -2.57. The van der Waals surface area contributed by atoms with Crippen molar-refractivity contribution in [3.05, 3.63) is 75.8 Å². The molecule has 0 bridgehead atoms. The highest BCUT2D eigenvalue weighted by Gasteiger charge is 2.26. The minimum atomic E-state index is -0.374. The molecule has 150 valence electrons. The minimum Gasteiger partial charge on any atom is -0.367 e. The van der Waals surface area contributed by atoms with E-state index >= 15 is 0 Å². The molecule has 0 N–H and O–H groups in total. The van der Waals surface area contributed by atoms with Crippen molar-refractivity contribution in [3.8, 4) is 5.69 Å². The van der Waals surface area contributed by atoms with Crippen LogP contribution in [0.1, 0.15) is 16.2 Å². The summed E-state index contributed by atoms with van der Waals surface area (Å²) in [4.78, 5) is 17.1. The molecule has 8 heteroatoms. The smallest absolute Gasteiger partial charge is 0.272 e. The van der Waals surface area contributed by atoms with Crippen molar-refractivity contribution in [2.45, 2.75) is 6.92 Å². The number of rotatable bonds is 3. The second-order valence-electron chi connectivity index (χ2n) is 6.91. The lowest BCUT2D eigenvalue weighted by Gasteiger charge is -2.36. The lowest BCUT2D eigenvalue weighted by Crippen LogP contribution is -2.49. The maximum atomic E-state index is 13.7. The van der Waals surface area contributed by atoms with Crippen molar-refractivity contribution < 1.29 is 9.18 Å². The van der Waals surface area contributed by atoms with Crippen LogP contribution in [0.2, 0.25) is 10.0 Å². The van der Waals surface area contributed by atoms with E-state index in [1.165, 1.54) is 16.8 Å². The molecule has 4 rings (SSSR count). The van der Waals surface area contributed by atoms with Gasteiger partial charge in [0.1, 0.15) is 11.5 Å². The van der Waals surface area contributed by atoms with Gasteiger partial charge in [0.05, 0.1) is 27.1 Å². The van der Waals surface area contributed by atoms with Crippen LogP contribution < -0.4 is 4.90 Å². The Morgan fingerprint density at radius 1 is 1.03 bits per heavy atom. The van der Waals surface area contributed by atoms with E-state index in [2.05, 4.69) is 10.00 Å². The van der Waals surface area contributed by atoms with E-state index in [0.29, 0.717) is 53.3 Å². The first kappa shape index (κ1) is 19.7. The zero-order valence-corrected chi connectivity index (χ0v) is 17.3. The molecule has 0 radical (unpaired) electrons. The number of carbonyl (C=O) groups is 1. The first-order chi connectivity index (χ1) is 13.9. The van der Waals surface area contributed by atoms with E-state index in [1.54, 1.807) is 29.2 Å². The Morgan fingerprint density at radius 2 is 1.76 bits per heavy atom. The number of amides is 1. The first-order valence-corrected chi connectivity index (χ1v) is 10.0. The molecule has 1 fully saturated rings. The molecule has 1 aromatic heterocycles. The largest absolute Gasteiger partial charge is 0.367 e. The quantitative estimate of drug-likeness (QED) is 0.607. The minimum absolute atomic E-state index is 0.133. The van der Waals surface area contributed by atoms with Gasteiger partial charge in [-0.1, -0.05) is 35.3 Å². The van der Waals surface area contributed by atoms with Crippen LogP contribution >= 0.6 is 23.2 Å². The average molecular weight is 433 g/mol. The number of benzene rings is 2. The Morgan fingerprint density at radius 3 is 2.48 bits per heavy atom. The van der Waals surface area contributed by atoms with Gasteiger partial charge in [-0.25, -0.2) is 9.07 Å². The standard InChI is InChI=1S/C21H19Cl2FN4O/c1-14-12-19(28(25-14)16-5-2-4-15(24)13-16)21(29)27-10-8-26(9-11-27)18-7-3-6-17(22)20(18)23/h2-7,12-13H,8-11H2,1H3. The molecule has 2 heterocycles. The van der Waals surface area contributed by atoms with Gasteiger partial charge in [-0.05, 0) is 43.3 Å². The van der Waals surface area contributed by atoms with Crippen LogP contribution in [-0.4, -0.2) is 46.8 Å². The SMILES string of the molecule is Cc1cc(C(=O)N2CCN(c3cccc(Cl)c3Cl)CC2)n(-c2cccc(F)c2)n1. The third-order valence-electron chi connectivity index (χ3n) is 4.94. The normalized spacial score (nSPS) is 14.3. The van der Waals surface area contributed by atoms with E-state index < -0.39 is 0 Å². The van der Waals surface area contributed by atoms with Crippen LogP contribution in [0.4, 0.5) is 10.1 Å². The molecular weight excluding hydrogens is 414 g/mol. The Kier molecular flexibility index (Phi) is 5.48. The summed E-state index contributed by atoms with van der Waals surface area (Å²) in [6, 6.07) is 13.3. The molecule has 29 heavy (non-hydrogen) atoms. The molecule has 0 unspecified atom stereocenters. The number of carbonyl (C=O) groups excluding carboxylic acids is 1. The van der Waals surface area contributed by atoms with Crippen molar-refractivity contribution in [2.24, 2.45) is 0 Å². The third-order valence-corrected chi connectivity index (χ3v) is 5.75. The fraction of sp³-hybridized carbons (Fsp3) is 0.238. The highest BCUT2D eigenvalue weighted by atomic mass is 35.5. The molecular formula is C21H19Cl2FN4O. The van der Waals surface area contributed by atoms with Crippen molar-refractivity contribution in [1.29, 1.82) is 0 Å². The average Bonchev–Trinajstić information content (AvgIpc) is 3.11. The number of aromatic nitrogens is 2. The van der Waals surface area contributed by atoms with Crippen LogP contribution in [0.25, 0.3) is 5.69 Å². The zero-order chi connectivity index (χ0) is 20.5. The number of piperazine rings is 1. The topological polar surface area (TPSA) is 41.4 Å². The molecule has 2 aromatic carbocycles. The summed E-state index contributed by atoms with van der Waals surface area (Å²) >= 11 is 12.5. The molecule has 0 spiro atoms. The summed E-state index contributed by atoms with van der Waals surface area (Å²) in [6.45, 7) is 4.16. The molecule has 0 saturated carbocycles. The van der Waals surface area contributed by atoms with Gasteiger partial charge in [0.15, 0.2) is 0 Å². The summed E-state index contributed by atoms with van der Waals surface area (Å²) in [5, 5.41) is 5.41. The number of anilines is 1. The van der Waals surface area contributed by atoms with Gasteiger partial charge in [-0.2, -0.15) is 5.10 Å². The second-order valence-corrected chi connectivity index (χ2v) is 7.70. The van der Waals surface area contributed by atoms with Gasteiger partial charge in [0, 0.05) is 26.2 Å². The molecule has 1 saturated heterocycles. The zero-order valence-electron chi connectivity index (χ0n) is 15.8. The van der Waals surface area contributed by atoms with E-state index in [1.807, 2.05) is 19.1 Å². The Balaban J connectivity index is 1.53. The number of nitrogens with zero attached hydrogens (tertiary/aromatic N) is 4. The lowest BCUT2D eigenvalue weighted by atomic mass is 10.2. The number of aryl methyl sites for hydroxylation is 1. The van der Waals surface area contributed by atoms with Gasteiger partial charge in [-0.3, -0.25) is 4.79 Å². The van der Waals surface area contributed by atoms with Gasteiger partial charge < -0.3 is 9.80 Å². The van der Waals surface area contributed by atoms with Crippen molar-refractivity contribution in [1.82, 2.24) is 14.7 Å². The van der Waals surface area contributed by atoms with Crippen molar-refractivity contribution >= 4 is 34.8 Å². The Labute approximate surface area is 178 Å². The van der Waals surface area contributed by atoms with Crippen LogP contribution in [0.15, 0.2) is 48.5 Å². The van der Waals surface area contributed by atoms with Crippen LogP contribution in [0.3, 0.4) is 0 Å². The van der Waals surface area contributed by atoms with Crippen LogP contribution in [0.5, 0.6) is 0 Å². The van der Waals surface area contributed by atoms with Gasteiger partial charge in [-0.15, -0.1) is 0 Å². The predicted octanol–water partition coefficient (Wildman–Crippen LogP) is 4.59. The van der Waals surface area contributed by atoms with Crippen LogP contribution in [0, 0.1) is 12.7 Å². The highest BCUT2D eigenvalue weighted by Crippen LogP contribution is 2.33. The van der Waals surface area contributed by atoms with Gasteiger partial charge >= 0.3 is 0 Å². The summed E-state index contributed by atoms with van der Waals surface area (Å²) in [7, 11) is 0. The first-order valence-electron chi connectivity index (χ1n) is 9.25. The molecule has 1 aliphatic rings. The van der Waals surface area contributed by atoms with E-state index in [9.17, 15) is 9.18 Å². The predicted molar refractivity (Wildman–Crippen MR) is 113 cm³/mol. The van der Waals surface area contributed by atoms with E-state index in [-0.39, 0.29) is 11.7 Å². The molecule has 0 aliphatic carbocycles. The van der Waals surface area contributed by atoms with Crippen LogP contribution in [-0.2, 0) is 0 Å². The van der Waals surface area contributed by atoms with Gasteiger partial charge in [0.25, 0.3) is 5.91 Å². The fourth-order valence-corrected chi connectivity index (χ4v) is 3.92. The van der Waals surface area contributed by atoms with E-state index in [4.69, 9.17) is 23.2 Å².